The minimum atomic E-state index is -1.56. The second kappa shape index (κ2) is 6.66. The van der Waals surface area contributed by atoms with Crippen molar-refractivity contribution >= 4 is 6.09 Å². The molecule has 2 aromatic rings. The monoisotopic (exact) mass is 356 g/mol. The van der Waals surface area contributed by atoms with Crippen LogP contribution in [0.25, 0.3) is 0 Å². The van der Waals surface area contributed by atoms with Crippen molar-refractivity contribution in [2.75, 3.05) is 6.54 Å². The first-order valence-electron chi connectivity index (χ1n) is 7.66. The highest BCUT2D eigenvalue weighted by Crippen LogP contribution is 2.32. The molecule has 1 saturated heterocycles. The highest BCUT2D eigenvalue weighted by atomic mass is 19.2. The van der Waals surface area contributed by atoms with Crippen molar-refractivity contribution in [3.05, 3.63) is 57.3 Å². The maximum absolute atomic E-state index is 13.4. The molecule has 6 nitrogen and oxygen atoms in total. The Morgan fingerprint density at radius 3 is 2.52 bits per heavy atom. The van der Waals surface area contributed by atoms with E-state index in [1.54, 1.807) is 0 Å². The molecule has 1 fully saturated rings. The van der Waals surface area contributed by atoms with Gasteiger partial charge in [0.1, 0.15) is 5.76 Å². The van der Waals surface area contributed by atoms with E-state index in [0.29, 0.717) is 18.6 Å². The fourth-order valence-electron chi connectivity index (χ4n) is 3.25. The first-order chi connectivity index (χ1) is 11.8. The number of hydrogen-bond donors (Lipinski definition) is 2. The first-order valence-corrected chi connectivity index (χ1v) is 7.66. The second-order valence-corrected chi connectivity index (χ2v) is 6.04. The van der Waals surface area contributed by atoms with Crippen LogP contribution < -0.4 is 5.56 Å². The van der Waals surface area contributed by atoms with E-state index in [1.165, 1.54) is 11.0 Å². The molecule has 9 heteroatoms. The summed E-state index contributed by atoms with van der Waals surface area (Å²) in [5.74, 6) is -3.98. The number of nitrogens with zero attached hydrogens (tertiary/aromatic N) is 1. The van der Waals surface area contributed by atoms with Crippen LogP contribution in [0.1, 0.15) is 30.1 Å². The van der Waals surface area contributed by atoms with Gasteiger partial charge in [-0.15, -0.1) is 0 Å². The lowest BCUT2D eigenvalue weighted by atomic mass is 9.86. The fourth-order valence-corrected chi connectivity index (χ4v) is 3.25. The molecule has 2 heterocycles. The van der Waals surface area contributed by atoms with Gasteiger partial charge >= 0.3 is 6.09 Å². The Balaban J connectivity index is 1.84. The minimum Gasteiger partial charge on any atom is -0.465 e. The molecular weight excluding hydrogens is 341 g/mol. The summed E-state index contributed by atoms with van der Waals surface area (Å²) >= 11 is 0. The van der Waals surface area contributed by atoms with Crippen LogP contribution in [-0.4, -0.2) is 33.8 Å². The van der Waals surface area contributed by atoms with Gasteiger partial charge in [0, 0.05) is 24.6 Å². The number of amides is 1. The van der Waals surface area contributed by atoms with E-state index in [-0.39, 0.29) is 24.4 Å². The van der Waals surface area contributed by atoms with Crippen molar-refractivity contribution in [1.82, 2.24) is 10.1 Å². The summed E-state index contributed by atoms with van der Waals surface area (Å²) < 4.78 is 45.0. The topological polar surface area (TPSA) is 86.5 Å². The van der Waals surface area contributed by atoms with E-state index < -0.39 is 35.1 Å². The summed E-state index contributed by atoms with van der Waals surface area (Å²) in [6.45, 7) is 0.186. The smallest absolute Gasteiger partial charge is 0.407 e. The van der Waals surface area contributed by atoms with Crippen LogP contribution >= 0.6 is 0 Å². The zero-order chi connectivity index (χ0) is 18.1. The first kappa shape index (κ1) is 17.1. The molecule has 1 aliphatic heterocycles. The third-order valence-corrected chi connectivity index (χ3v) is 4.42. The highest BCUT2D eigenvalue weighted by Gasteiger charge is 2.34. The van der Waals surface area contributed by atoms with Crippen LogP contribution in [0.4, 0.5) is 18.0 Å². The average Bonchev–Trinajstić information content (AvgIpc) is 2.98. The van der Waals surface area contributed by atoms with Crippen molar-refractivity contribution in [3.8, 4) is 0 Å². The molecule has 1 aliphatic rings. The number of carboxylic acid groups (broad SMARTS) is 1. The average molecular weight is 356 g/mol. The van der Waals surface area contributed by atoms with Gasteiger partial charge in [-0.05, 0) is 37.0 Å². The van der Waals surface area contributed by atoms with Gasteiger partial charge in [-0.3, -0.25) is 4.79 Å². The Bertz CT molecular complexity index is 825. The standard InChI is InChI=1S/C16H15F3N2O4/c17-11-4-8(5-12(18)15(11)19)3-10-6-9(1-2-21(10)16(23)24)13-7-14(22)20-25-13/h4-5,7,9-10H,1-3,6H2,(H,20,22)(H,23,24)/t9-,10+/m1/s1. The molecule has 1 aromatic heterocycles. The molecule has 3 rings (SSSR count). The van der Waals surface area contributed by atoms with Crippen LogP contribution in [0.3, 0.4) is 0 Å². The van der Waals surface area contributed by atoms with Crippen molar-refractivity contribution < 1.29 is 27.6 Å². The Morgan fingerprint density at radius 1 is 1.28 bits per heavy atom. The van der Waals surface area contributed by atoms with Gasteiger partial charge in [-0.2, -0.15) is 5.16 Å². The number of nitrogens with one attached hydrogen (secondary N) is 1. The Morgan fingerprint density at radius 2 is 1.96 bits per heavy atom. The summed E-state index contributed by atoms with van der Waals surface area (Å²) in [4.78, 5) is 23.8. The molecular formula is C16H15F3N2O4. The summed E-state index contributed by atoms with van der Waals surface area (Å²) in [6.07, 6.45) is -0.364. The predicted molar refractivity (Wildman–Crippen MR) is 79.8 cm³/mol. The van der Waals surface area contributed by atoms with E-state index in [0.717, 1.165) is 12.1 Å². The lowest BCUT2D eigenvalue weighted by Crippen LogP contribution is -2.46. The summed E-state index contributed by atoms with van der Waals surface area (Å²) in [6, 6.07) is 2.44. The van der Waals surface area contributed by atoms with Crippen LogP contribution in [0.5, 0.6) is 0 Å². The molecule has 0 saturated carbocycles. The quantitative estimate of drug-likeness (QED) is 0.828. The van der Waals surface area contributed by atoms with Crippen LogP contribution in [0.15, 0.2) is 27.5 Å². The number of H-pyrrole nitrogens is 1. The molecule has 0 spiro atoms. The number of aromatic nitrogens is 1. The van der Waals surface area contributed by atoms with Crippen LogP contribution in [0.2, 0.25) is 0 Å². The molecule has 134 valence electrons. The van der Waals surface area contributed by atoms with E-state index in [1.807, 2.05) is 0 Å². The lowest BCUT2D eigenvalue weighted by Gasteiger charge is -2.37. The van der Waals surface area contributed by atoms with Gasteiger partial charge in [0.15, 0.2) is 17.5 Å². The van der Waals surface area contributed by atoms with E-state index >= 15 is 0 Å². The summed E-state index contributed by atoms with van der Waals surface area (Å²) in [5.41, 5.74) is -0.237. The Hall–Kier alpha value is -2.71. The van der Waals surface area contributed by atoms with Gasteiger partial charge in [-0.25, -0.2) is 18.0 Å². The number of benzene rings is 1. The number of hydrogen-bond acceptors (Lipinski definition) is 3. The normalized spacial score (nSPS) is 20.7. The van der Waals surface area contributed by atoms with Crippen molar-refractivity contribution in [3.63, 3.8) is 0 Å². The number of likely N-dealkylation sites (tertiary alicyclic amines) is 1. The minimum absolute atomic E-state index is 0.0194. The second-order valence-electron chi connectivity index (χ2n) is 6.04. The molecule has 0 bridgehead atoms. The van der Waals surface area contributed by atoms with E-state index in [2.05, 4.69) is 5.16 Å². The molecule has 0 radical (unpaired) electrons. The number of aromatic amines is 1. The lowest BCUT2D eigenvalue weighted by molar-refractivity contribution is 0.0968. The molecule has 0 unspecified atom stereocenters. The zero-order valence-electron chi connectivity index (χ0n) is 13.0. The van der Waals surface area contributed by atoms with Crippen LogP contribution in [0, 0.1) is 17.5 Å². The molecule has 0 aliphatic carbocycles. The van der Waals surface area contributed by atoms with Gasteiger partial charge in [-0.1, -0.05) is 0 Å². The van der Waals surface area contributed by atoms with E-state index in [4.69, 9.17) is 4.52 Å². The third kappa shape index (κ3) is 3.54. The zero-order valence-corrected chi connectivity index (χ0v) is 13.0. The number of rotatable bonds is 3. The number of piperidine rings is 1. The predicted octanol–water partition coefficient (Wildman–Crippen LogP) is 2.85. The largest absolute Gasteiger partial charge is 0.465 e. The Kier molecular flexibility index (Phi) is 4.56. The summed E-state index contributed by atoms with van der Waals surface area (Å²) in [7, 11) is 0. The molecule has 25 heavy (non-hydrogen) atoms. The van der Waals surface area contributed by atoms with Crippen molar-refractivity contribution in [2.45, 2.75) is 31.2 Å². The van der Waals surface area contributed by atoms with Gasteiger partial charge in [0.2, 0.25) is 0 Å². The molecule has 2 atom stereocenters. The van der Waals surface area contributed by atoms with Gasteiger partial charge < -0.3 is 14.5 Å². The van der Waals surface area contributed by atoms with Gasteiger partial charge in [0.25, 0.3) is 5.56 Å². The molecule has 1 amide bonds. The molecule has 1 aromatic carbocycles. The maximum atomic E-state index is 13.4. The third-order valence-electron chi connectivity index (χ3n) is 4.42. The number of halogens is 3. The SMILES string of the molecule is O=C(O)N1CC[C@@H](c2cc(=O)[nH]o2)C[C@@H]1Cc1cc(F)c(F)c(F)c1. The summed E-state index contributed by atoms with van der Waals surface area (Å²) in [5, 5.41) is 11.5. The van der Waals surface area contributed by atoms with Gasteiger partial charge in [0.05, 0.1) is 0 Å². The maximum Gasteiger partial charge on any atom is 0.407 e. The number of carbonyl (C=O) groups is 1. The molecule has 2 N–H and O–H groups in total. The van der Waals surface area contributed by atoms with Crippen molar-refractivity contribution in [1.29, 1.82) is 0 Å². The highest BCUT2D eigenvalue weighted by molar-refractivity contribution is 5.65. The Labute approximate surface area is 139 Å². The fraction of sp³-hybridized carbons (Fsp3) is 0.375. The van der Waals surface area contributed by atoms with E-state index in [9.17, 15) is 27.9 Å². The van der Waals surface area contributed by atoms with Crippen LogP contribution in [-0.2, 0) is 6.42 Å². The van der Waals surface area contributed by atoms with Crippen molar-refractivity contribution in [2.24, 2.45) is 0 Å².